The van der Waals surface area contributed by atoms with Crippen molar-refractivity contribution < 1.29 is 0 Å². The van der Waals surface area contributed by atoms with E-state index in [1.807, 2.05) is 11.9 Å². The summed E-state index contributed by atoms with van der Waals surface area (Å²) in [5.74, 6) is 1.03. The molecule has 5 nitrogen and oxygen atoms in total. The van der Waals surface area contributed by atoms with E-state index in [1.54, 1.807) is 0 Å². The van der Waals surface area contributed by atoms with Crippen molar-refractivity contribution in [2.24, 2.45) is 0 Å². The molecular formula is C15H20ClN5. The summed E-state index contributed by atoms with van der Waals surface area (Å²) in [6.07, 6.45) is 0.992. The van der Waals surface area contributed by atoms with Crippen LogP contribution >= 0.6 is 11.6 Å². The molecule has 2 rings (SSSR count). The maximum absolute atomic E-state index is 6.00. The molecule has 0 fully saturated rings. The lowest BCUT2D eigenvalue weighted by atomic mass is 10.1. The highest BCUT2D eigenvalue weighted by molar-refractivity contribution is 6.28. The predicted octanol–water partition coefficient (Wildman–Crippen LogP) is 3.73. The fraction of sp³-hybridized carbons (Fsp3) is 0.400. The molecule has 0 aliphatic heterocycles. The number of aromatic nitrogens is 3. The number of halogens is 1. The van der Waals surface area contributed by atoms with Crippen molar-refractivity contribution in [3.63, 3.8) is 0 Å². The van der Waals surface area contributed by atoms with Gasteiger partial charge in [-0.1, -0.05) is 24.6 Å². The maximum Gasteiger partial charge on any atom is 0.235 e. The van der Waals surface area contributed by atoms with Crippen molar-refractivity contribution >= 4 is 29.2 Å². The number of rotatable bonds is 5. The molecule has 112 valence electrons. The Morgan fingerprint density at radius 3 is 2.62 bits per heavy atom. The SMILES string of the molecule is CCCNc1nc(Cl)nc(N(C)c2ccc(C)cc2C)n1. The molecule has 0 unspecified atom stereocenters. The van der Waals surface area contributed by atoms with Crippen LogP contribution in [0.5, 0.6) is 0 Å². The fourth-order valence-corrected chi connectivity index (χ4v) is 2.25. The molecule has 0 aliphatic carbocycles. The molecule has 0 atom stereocenters. The van der Waals surface area contributed by atoms with Gasteiger partial charge in [-0.25, -0.2) is 0 Å². The van der Waals surface area contributed by atoms with E-state index in [1.165, 1.54) is 5.56 Å². The number of hydrogen-bond acceptors (Lipinski definition) is 5. The minimum absolute atomic E-state index is 0.190. The van der Waals surface area contributed by atoms with Crippen LogP contribution < -0.4 is 10.2 Å². The van der Waals surface area contributed by atoms with Crippen molar-refractivity contribution in [1.29, 1.82) is 0 Å². The van der Waals surface area contributed by atoms with Gasteiger partial charge in [-0.2, -0.15) is 15.0 Å². The third-order valence-corrected chi connectivity index (χ3v) is 3.31. The molecule has 1 heterocycles. The van der Waals surface area contributed by atoms with E-state index >= 15 is 0 Å². The van der Waals surface area contributed by atoms with E-state index in [0.717, 1.165) is 24.2 Å². The van der Waals surface area contributed by atoms with Gasteiger partial charge in [0.1, 0.15) is 0 Å². The van der Waals surface area contributed by atoms with E-state index in [2.05, 4.69) is 59.2 Å². The first-order chi connectivity index (χ1) is 10.0. The van der Waals surface area contributed by atoms with Crippen molar-refractivity contribution in [3.8, 4) is 0 Å². The van der Waals surface area contributed by atoms with Crippen molar-refractivity contribution in [3.05, 3.63) is 34.6 Å². The second-order valence-electron chi connectivity index (χ2n) is 5.00. The van der Waals surface area contributed by atoms with Crippen LogP contribution in [0.25, 0.3) is 0 Å². The summed E-state index contributed by atoms with van der Waals surface area (Å²) in [7, 11) is 1.92. The largest absolute Gasteiger partial charge is 0.354 e. The van der Waals surface area contributed by atoms with Crippen LogP contribution in [0.3, 0.4) is 0 Å². The van der Waals surface area contributed by atoms with Crippen LogP contribution in [0.4, 0.5) is 17.6 Å². The molecule has 0 bridgehead atoms. The van der Waals surface area contributed by atoms with Crippen LogP contribution in [0.15, 0.2) is 18.2 Å². The summed E-state index contributed by atoms with van der Waals surface area (Å²) in [5.41, 5.74) is 3.44. The first-order valence-corrected chi connectivity index (χ1v) is 7.35. The molecule has 0 amide bonds. The molecule has 0 saturated heterocycles. The topological polar surface area (TPSA) is 53.9 Å². The number of hydrogen-bond donors (Lipinski definition) is 1. The maximum atomic E-state index is 6.00. The van der Waals surface area contributed by atoms with Crippen LogP contribution in [-0.2, 0) is 0 Å². The first-order valence-electron chi connectivity index (χ1n) is 6.97. The van der Waals surface area contributed by atoms with Crippen molar-refractivity contribution in [2.75, 3.05) is 23.8 Å². The Balaban J connectivity index is 2.33. The zero-order chi connectivity index (χ0) is 15.4. The van der Waals surface area contributed by atoms with Gasteiger partial charge in [0.15, 0.2) is 0 Å². The Kier molecular flexibility index (Phi) is 4.96. The Bertz CT molecular complexity index is 629. The summed E-state index contributed by atoms with van der Waals surface area (Å²) in [6.45, 7) is 7.02. The third-order valence-electron chi connectivity index (χ3n) is 3.14. The van der Waals surface area contributed by atoms with E-state index < -0.39 is 0 Å². The van der Waals surface area contributed by atoms with E-state index in [0.29, 0.717) is 11.9 Å². The monoisotopic (exact) mass is 305 g/mol. The van der Waals surface area contributed by atoms with Crippen molar-refractivity contribution in [1.82, 2.24) is 15.0 Å². The lowest BCUT2D eigenvalue weighted by molar-refractivity contribution is 0.925. The Morgan fingerprint density at radius 1 is 1.19 bits per heavy atom. The zero-order valence-corrected chi connectivity index (χ0v) is 13.6. The van der Waals surface area contributed by atoms with Gasteiger partial charge in [-0.05, 0) is 43.5 Å². The van der Waals surface area contributed by atoms with Gasteiger partial charge in [0.25, 0.3) is 0 Å². The molecule has 21 heavy (non-hydrogen) atoms. The second kappa shape index (κ2) is 6.72. The highest BCUT2D eigenvalue weighted by Gasteiger charge is 2.12. The van der Waals surface area contributed by atoms with Crippen LogP contribution in [0.2, 0.25) is 5.28 Å². The lowest BCUT2D eigenvalue weighted by Crippen LogP contribution is -2.16. The Hall–Kier alpha value is -1.88. The molecule has 1 aromatic heterocycles. The summed E-state index contributed by atoms with van der Waals surface area (Å²) in [5, 5.41) is 3.32. The molecule has 1 N–H and O–H groups in total. The summed E-state index contributed by atoms with van der Waals surface area (Å²) >= 11 is 6.00. The number of nitrogens with zero attached hydrogens (tertiary/aromatic N) is 4. The second-order valence-corrected chi connectivity index (χ2v) is 5.34. The first kappa shape index (κ1) is 15.5. The van der Waals surface area contributed by atoms with Gasteiger partial charge in [-0.3, -0.25) is 0 Å². The minimum Gasteiger partial charge on any atom is -0.354 e. The summed E-state index contributed by atoms with van der Waals surface area (Å²) in [6, 6.07) is 6.25. The number of aryl methyl sites for hydroxylation is 2. The number of nitrogens with one attached hydrogen (secondary N) is 1. The predicted molar refractivity (Wildman–Crippen MR) is 87.6 cm³/mol. The van der Waals surface area contributed by atoms with E-state index in [4.69, 9.17) is 11.6 Å². The lowest BCUT2D eigenvalue weighted by Gasteiger charge is -2.20. The molecule has 0 radical (unpaired) electrons. The van der Waals surface area contributed by atoms with Crippen molar-refractivity contribution in [2.45, 2.75) is 27.2 Å². The molecule has 1 aromatic carbocycles. The van der Waals surface area contributed by atoms with E-state index in [-0.39, 0.29) is 5.28 Å². The van der Waals surface area contributed by atoms with Crippen LogP contribution in [0.1, 0.15) is 24.5 Å². The van der Waals surface area contributed by atoms with Gasteiger partial charge in [0.2, 0.25) is 17.2 Å². The van der Waals surface area contributed by atoms with Gasteiger partial charge in [0.05, 0.1) is 0 Å². The van der Waals surface area contributed by atoms with Gasteiger partial charge in [-0.15, -0.1) is 0 Å². The van der Waals surface area contributed by atoms with Gasteiger partial charge < -0.3 is 10.2 Å². The minimum atomic E-state index is 0.190. The average molecular weight is 306 g/mol. The Labute approximate surface area is 130 Å². The van der Waals surface area contributed by atoms with Gasteiger partial charge >= 0.3 is 0 Å². The average Bonchev–Trinajstić information content (AvgIpc) is 2.44. The zero-order valence-electron chi connectivity index (χ0n) is 12.8. The molecule has 0 spiro atoms. The molecule has 2 aromatic rings. The number of anilines is 3. The molecule has 0 saturated carbocycles. The third kappa shape index (κ3) is 3.82. The van der Waals surface area contributed by atoms with Gasteiger partial charge in [0, 0.05) is 19.3 Å². The molecular weight excluding hydrogens is 286 g/mol. The van der Waals surface area contributed by atoms with Crippen LogP contribution in [-0.4, -0.2) is 28.5 Å². The standard InChI is InChI=1S/C15H20ClN5/c1-5-8-17-14-18-13(16)19-15(20-14)21(4)12-7-6-10(2)9-11(12)3/h6-7,9H,5,8H2,1-4H3,(H,17,18,19,20). The molecule has 6 heteroatoms. The Morgan fingerprint density at radius 2 is 1.95 bits per heavy atom. The fourth-order valence-electron chi connectivity index (χ4n) is 2.09. The smallest absolute Gasteiger partial charge is 0.235 e. The van der Waals surface area contributed by atoms with E-state index in [9.17, 15) is 0 Å². The highest BCUT2D eigenvalue weighted by atomic mass is 35.5. The summed E-state index contributed by atoms with van der Waals surface area (Å²) < 4.78 is 0. The summed E-state index contributed by atoms with van der Waals surface area (Å²) in [4.78, 5) is 14.6. The molecule has 0 aliphatic rings. The number of benzene rings is 1. The van der Waals surface area contributed by atoms with Crippen LogP contribution in [0, 0.1) is 13.8 Å². The quantitative estimate of drug-likeness (QED) is 0.912. The highest BCUT2D eigenvalue weighted by Crippen LogP contribution is 2.26. The normalized spacial score (nSPS) is 10.5.